The fraction of sp³-hybridized carbons (Fsp3) is 0.778. The number of aliphatic hydroxyl groups excluding tert-OH is 1. The Morgan fingerprint density at radius 3 is 1.47 bits per heavy atom. The lowest BCUT2D eigenvalue weighted by Crippen LogP contribution is -2.29. The zero-order valence-corrected chi connectivity index (χ0v) is 36.0. The number of aliphatic hydroxyl groups is 1. The van der Waals surface area contributed by atoms with Crippen LogP contribution in [0.1, 0.15) is 194 Å². The van der Waals surface area contributed by atoms with Gasteiger partial charge in [-0.1, -0.05) is 172 Å². The number of phosphoric ester groups is 1. The molecule has 3 N–H and O–H groups in total. The first kappa shape index (κ1) is 53.0. The van der Waals surface area contributed by atoms with E-state index in [0.29, 0.717) is 19.3 Å². The molecule has 0 aliphatic heterocycles. The van der Waals surface area contributed by atoms with Gasteiger partial charge in [-0.05, 0) is 63.7 Å². The van der Waals surface area contributed by atoms with Gasteiger partial charge in [0.05, 0.1) is 12.7 Å². The first-order valence-electron chi connectivity index (χ1n) is 21.9. The van der Waals surface area contributed by atoms with Gasteiger partial charge in [0.1, 0.15) is 6.61 Å². The molecule has 0 unspecified atom stereocenters. The third-order valence-electron chi connectivity index (χ3n) is 9.44. The molecule has 0 aromatic carbocycles. The zero-order chi connectivity index (χ0) is 40.7. The summed E-state index contributed by atoms with van der Waals surface area (Å²) in [6.07, 6.45) is 43.6. The molecular weight excluding hydrogens is 715 g/mol. The number of hydrogen-bond acceptors (Lipinski definition) is 7. The molecule has 0 saturated heterocycles. The lowest BCUT2D eigenvalue weighted by molar-refractivity contribution is -0.161. The van der Waals surface area contributed by atoms with Crippen LogP contribution in [0.25, 0.3) is 0 Å². The summed E-state index contributed by atoms with van der Waals surface area (Å²) in [4.78, 5) is 42.9. The van der Waals surface area contributed by atoms with Crippen molar-refractivity contribution in [3.05, 3.63) is 48.6 Å². The third kappa shape index (κ3) is 42.9. The van der Waals surface area contributed by atoms with E-state index < -0.39 is 32.5 Å². The number of esters is 2. The maximum atomic E-state index is 12.4. The van der Waals surface area contributed by atoms with Crippen LogP contribution in [0, 0.1) is 5.92 Å². The molecule has 9 nitrogen and oxygen atoms in total. The monoisotopic (exact) mass is 797 g/mol. The van der Waals surface area contributed by atoms with E-state index in [1.165, 1.54) is 83.5 Å². The van der Waals surface area contributed by atoms with Gasteiger partial charge in [-0.25, -0.2) is 4.57 Å². The SMILES string of the molecule is CC[C@H](O)CC/C=C\C/C=C\C/C=C\C/C=C\CCCC(=O)OC[C@H](COP(=O)(O)O)OC(=O)CCCCCCCCCCCCCCCCCCC(C)C. The number of hydrogen-bond donors (Lipinski definition) is 3. The van der Waals surface area contributed by atoms with Gasteiger partial charge < -0.3 is 24.4 Å². The summed E-state index contributed by atoms with van der Waals surface area (Å²) < 4.78 is 26.4. The van der Waals surface area contributed by atoms with Gasteiger partial charge in [0, 0.05) is 12.8 Å². The number of rotatable bonds is 39. The Balaban J connectivity index is 3.98. The van der Waals surface area contributed by atoms with E-state index in [0.717, 1.165) is 63.7 Å². The Morgan fingerprint density at radius 1 is 0.564 bits per heavy atom. The van der Waals surface area contributed by atoms with E-state index in [4.69, 9.17) is 19.3 Å². The number of carbonyl (C=O) groups excluding carboxylic acids is 2. The summed E-state index contributed by atoms with van der Waals surface area (Å²) in [5, 5.41) is 9.54. The van der Waals surface area contributed by atoms with E-state index in [2.05, 4.69) is 60.9 Å². The maximum absolute atomic E-state index is 12.4. The molecule has 0 bridgehead atoms. The van der Waals surface area contributed by atoms with Crippen molar-refractivity contribution in [3.63, 3.8) is 0 Å². The van der Waals surface area contributed by atoms with Gasteiger partial charge in [-0.15, -0.1) is 0 Å². The predicted octanol–water partition coefficient (Wildman–Crippen LogP) is 12.3. The summed E-state index contributed by atoms with van der Waals surface area (Å²) in [6, 6.07) is 0. The number of carbonyl (C=O) groups is 2. The van der Waals surface area contributed by atoms with Gasteiger partial charge in [-0.3, -0.25) is 14.1 Å². The molecule has 0 aliphatic carbocycles. The molecule has 0 fully saturated rings. The maximum Gasteiger partial charge on any atom is 0.469 e. The summed E-state index contributed by atoms with van der Waals surface area (Å²) in [5.74, 6) is -0.130. The van der Waals surface area contributed by atoms with Crippen molar-refractivity contribution < 1.29 is 43.0 Å². The van der Waals surface area contributed by atoms with Gasteiger partial charge in [0.15, 0.2) is 6.10 Å². The number of ether oxygens (including phenoxy) is 2. The minimum atomic E-state index is -4.77. The largest absolute Gasteiger partial charge is 0.469 e. The summed E-state index contributed by atoms with van der Waals surface area (Å²) in [6.45, 7) is 5.72. The van der Waals surface area contributed by atoms with Crippen LogP contribution in [-0.4, -0.2) is 52.3 Å². The van der Waals surface area contributed by atoms with Crippen molar-refractivity contribution in [2.24, 2.45) is 5.92 Å². The highest BCUT2D eigenvalue weighted by molar-refractivity contribution is 7.46. The molecule has 0 radical (unpaired) electrons. The Morgan fingerprint density at radius 2 is 1.00 bits per heavy atom. The van der Waals surface area contributed by atoms with E-state index in [1.807, 2.05) is 13.0 Å². The molecule has 55 heavy (non-hydrogen) atoms. The molecular formula is C45H81O9P. The summed E-state index contributed by atoms with van der Waals surface area (Å²) in [5.41, 5.74) is 0. The van der Waals surface area contributed by atoms with Crippen LogP contribution in [0.4, 0.5) is 0 Å². The minimum absolute atomic E-state index is 0.178. The highest BCUT2D eigenvalue weighted by Crippen LogP contribution is 2.36. The molecule has 2 atom stereocenters. The van der Waals surface area contributed by atoms with E-state index in [9.17, 15) is 19.3 Å². The van der Waals surface area contributed by atoms with Gasteiger partial charge >= 0.3 is 19.8 Å². The molecule has 0 aromatic heterocycles. The molecule has 0 heterocycles. The van der Waals surface area contributed by atoms with Gasteiger partial charge in [0.2, 0.25) is 0 Å². The number of allylic oxidation sites excluding steroid dienone is 8. The van der Waals surface area contributed by atoms with Crippen molar-refractivity contribution in [1.82, 2.24) is 0 Å². The Labute approximate surface area is 336 Å². The lowest BCUT2D eigenvalue weighted by Gasteiger charge is -2.18. The molecule has 0 saturated carbocycles. The fourth-order valence-corrected chi connectivity index (χ4v) is 6.36. The quantitative estimate of drug-likeness (QED) is 0.0240. The minimum Gasteiger partial charge on any atom is -0.462 e. The van der Waals surface area contributed by atoms with E-state index in [1.54, 1.807) is 0 Å². The van der Waals surface area contributed by atoms with Crippen LogP contribution in [-0.2, 0) is 28.2 Å². The molecule has 0 spiro atoms. The average Bonchev–Trinajstić information content (AvgIpc) is 3.14. The zero-order valence-electron chi connectivity index (χ0n) is 35.1. The van der Waals surface area contributed by atoms with Crippen molar-refractivity contribution in [2.45, 2.75) is 206 Å². The average molecular weight is 797 g/mol. The molecule has 0 aromatic rings. The fourth-order valence-electron chi connectivity index (χ4n) is 6.00. The normalized spacial score (nSPS) is 13.6. The topological polar surface area (TPSA) is 140 Å². The van der Waals surface area contributed by atoms with E-state index in [-0.39, 0.29) is 25.6 Å². The number of phosphoric acid groups is 1. The molecule has 10 heteroatoms. The summed E-state index contributed by atoms with van der Waals surface area (Å²) >= 11 is 0. The Hall–Kier alpha value is -2.03. The van der Waals surface area contributed by atoms with Crippen LogP contribution >= 0.6 is 7.82 Å². The van der Waals surface area contributed by atoms with E-state index >= 15 is 0 Å². The first-order chi connectivity index (χ1) is 26.5. The van der Waals surface area contributed by atoms with Crippen molar-refractivity contribution in [3.8, 4) is 0 Å². The van der Waals surface area contributed by atoms with Crippen molar-refractivity contribution in [2.75, 3.05) is 13.2 Å². The van der Waals surface area contributed by atoms with Crippen molar-refractivity contribution >= 4 is 19.8 Å². The molecule has 0 rings (SSSR count). The summed E-state index contributed by atoms with van der Waals surface area (Å²) in [7, 11) is -4.77. The molecule has 320 valence electrons. The molecule has 0 amide bonds. The van der Waals surface area contributed by atoms with Crippen LogP contribution in [0.3, 0.4) is 0 Å². The second-order valence-electron chi connectivity index (χ2n) is 15.3. The Bertz CT molecular complexity index is 1060. The molecule has 0 aliphatic rings. The predicted molar refractivity (Wildman–Crippen MR) is 227 cm³/mol. The standard InChI is InChI=1S/C45H81O9P/c1-4-42(46)36-32-28-24-20-16-12-9-10-13-17-21-25-29-33-37-44(47)52-39-43(40-53-55(49,50)51)54-45(48)38-34-30-26-22-18-14-8-6-5-7-11-15-19-23-27-31-35-41(2)3/h10,12-13,16,21,24-25,28,41-43,46H,4-9,11,14-15,17-20,22-23,26-27,29-40H2,1-3H3,(H2,49,50,51)/b13-10-,16-12-,25-21-,28-24-/t42-,43+/m0/s1. The Kier molecular flexibility index (Phi) is 37.4. The second kappa shape index (κ2) is 38.8. The number of unbranched alkanes of at least 4 members (excludes halogenated alkanes) is 16. The van der Waals surface area contributed by atoms with Crippen LogP contribution < -0.4 is 0 Å². The third-order valence-corrected chi connectivity index (χ3v) is 9.93. The lowest BCUT2D eigenvalue weighted by atomic mass is 10.0. The highest BCUT2D eigenvalue weighted by Gasteiger charge is 2.22. The first-order valence-corrected chi connectivity index (χ1v) is 23.4. The van der Waals surface area contributed by atoms with Crippen LogP contribution in [0.2, 0.25) is 0 Å². The van der Waals surface area contributed by atoms with Gasteiger partial charge in [0.25, 0.3) is 0 Å². The smallest absolute Gasteiger partial charge is 0.462 e. The van der Waals surface area contributed by atoms with Crippen LogP contribution in [0.15, 0.2) is 48.6 Å². The van der Waals surface area contributed by atoms with Crippen LogP contribution in [0.5, 0.6) is 0 Å². The van der Waals surface area contributed by atoms with Crippen molar-refractivity contribution in [1.29, 1.82) is 0 Å². The van der Waals surface area contributed by atoms with Gasteiger partial charge in [-0.2, -0.15) is 0 Å². The second-order valence-corrected chi connectivity index (χ2v) is 16.5. The highest BCUT2D eigenvalue weighted by atomic mass is 31.2.